The van der Waals surface area contributed by atoms with Gasteiger partial charge in [-0.3, -0.25) is 15.0 Å². The van der Waals surface area contributed by atoms with E-state index in [0.717, 1.165) is 5.56 Å². The van der Waals surface area contributed by atoms with Crippen LogP contribution in [0.4, 0.5) is 21.9 Å². The Hall–Kier alpha value is -4.20. The summed E-state index contributed by atoms with van der Waals surface area (Å²) in [5, 5.41) is 10.8. The second-order valence-corrected chi connectivity index (χ2v) is 6.76. The van der Waals surface area contributed by atoms with Crippen molar-refractivity contribution in [1.82, 2.24) is 0 Å². The molecule has 4 rings (SSSR count). The number of carbonyl (C=O) groups excluding carboxylic acids is 2. The highest BCUT2D eigenvalue weighted by atomic mass is 16.6. The maximum absolute atomic E-state index is 12.7. The number of ether oxygens (including phenoxy) is 1. The third kappa shape index (κ3) is 3.46. The van der Waals surface area contributed by atoms with E-state index in [1.54, 1.807) is 36.4 Å². The first kappa shape index (κ1) is 19.1. The summed E-state index contributed by atoms with van der Waals surface area (Å²) in [7, 11) is 0. The van der Waals surface area contributed by atoms with Gasteiger partial charge in [-0.15, -0.1) is 0 Å². The molecule has 0 spiro atoms. The molecule has 2 N–H and O–H groups in total. The Balaban J connectivity index is 1.72. The zero-order valence-electron chi connectivity index (χ0n) is 15.7. The predicted molar refractivity (Wildman–Crippen MR) is 110 cm³/mol. The molecule has 1 heterocycles. The third-order valence-electron chi connectivity index (χ3n) is 4.95. The molecule has 150 valence electrons. The van der Waals surface area contributed by atoms with E-state index in [0.29, 0.717) is 23.4 Å². The number of hydrogen-bond acceptors (Lipinski definition) is 5. The lowest BCUT2D eigenvalue weighted by atomic mass is 10.0. The quantitative estimate of drug-likeness (QED) is 0.398. The smallest absolute Gasteiger partial charge is 0.338 e. The summed E-state index contributed by atoms with van der Waals surface area (Å²) in [5.74, 6) is -0.616. The maximum Gasteiger partial charge on any atom is 0.338 e. The van der Waals surface area contributed by atoms with Gasteiger partial charge in [0.05, 0.1) is 21.9 Å². The average molecular weight is 403 g/mol. The molecule has 0 aromatic heterocycles. The Bertz CT molecular complexity index is 1140. The van der Waals surface area contributed by atoms with Crippen molar-refractivity contribution in [2.24, 2.45) is 5.73 Å². The number of esters is 1. The Morgan fingerprint density at radius 1 is 0.967 bits per heavy atom. The standard InChI is InChI=1S/C22H17N3O5/c23-22(27)24-18-7-3-1-5-15(18)13-20(17-6-2-4-8-19(17)24)30-21(26)14-9-11-16(12-10-14)25(28)29/h1-12,20H,13H2,(H2,23,27). The normalized spacial score (nSPS) is 14.8. The van der Waals surface area contributed by atoms with E-state index >= 15 is 0 Å². The molecule has 0 saturated heterocycles. The van der Waals surface area contributed by atoms with Crippen molar-refractivity contribution >= 4 is 29.1 Å². The molecule has 1 aliphatic rings. The molecule has 0 bridgehead atoms. The highest BCUT2D eigenvalue weighted by Gasteiger charge is 2.31. The molecule has 1 unspecified atom stereocenters. The molecule has 3 aromatic rings. The zero-order chi connectivity index (χ0) is 21.3. The second-order valence-electron chi connectivity index (χ2n) is 6.76. The van der Waals surface area contributed by atoms with Gasteiger partial charge in [0.15, 0.2) is 0 Å². The molecule has 0 saturated carbocycles. The van der Waals surface area contributed by atoms with Crippen LogP contribution in [0.5, 0.6) is 0 Å². The van der Waals surface area contributed by atoms with Crippen molar-refractivity contribution in [2.45, 2.75) is 12.5 Å². The molecule has 0 radical (unpaired) electrons. The molecular formula is C22H17N3O5. The topological polar surface area (TPSA) is 116 Å². The summed E-state index contributed by atoms with van der Waals surface area (Å²) < 4.78 is 5.78. The van der Waals surface area contributed by atoms with E-state index < -0.39 is 23.0 Å². The monoisotopic (exact) mass is 403 g/mol. The number of rotatable bonds is 3. The number of nitrogens with two attached hydrogens (primary N) is 1. The number of carbonyl (C=O) groups is 2. The summed E-state index contributed by atoms with van der Waals surface area (Å²) in [5.41, 5.74) is 8.36. The van der Waals surface area contributed by atoms with Gasteiger partial charge in [0.1, 0.15) is 6.10 Å². The largest absolute Gasteiger partial charge is 0.453 e. The fraction of sp³-hybridized carbons (Fsp3) is 0.0909. The minimum Gasteiger partial charge on any atom is -0.453 e. The molecule has 0 aliphatic carbocycles. The van der Waals surface area contributed by atoms with Crippen LogP contribution in [0.1, 0.15) is 27.6 Å². The number of hydrogen-bond donors (Lipinski definition) is 1. The van der Waals surface area contributed by atoms with Crippen molar-refractivity contribution < 1.29 is 19.2 Å². The van der Waals surface area contributed by atoms with Gasteiger partial charge in [0, 0.05) is 24.1 Å². The lowest BCUT2D eigenvalue weighted by Crippen LogP contribution is -2.32. The van der Waals surface area contributed by atoms with Crippen molar-refractivity contribution in [2.75, 3.05) is 4.90 Å². The summed E-state index contributed by atoms with van der Waals surface area (Å²) >= 11 is 0. The first-order valence-electron chi connectivity index (χ1n) is 9.17. The number of fused-ring (bicyclic) bond motifs is 2. The van der Waals surface area contributed by atoms with Crippen LogP contribution >= 0.6 is 0 Å². The van der Waals surface area contributed by atoms with Crippen LogP contribution in [0.15, 0.2) is 72.8 Å². The van der Waals surface area contributed by atoms with Crippen LogP contribution in [0.3, 0.4) is 0 Å². The minimum atomic E-state index is -0.672. The lowest BCUT2D eigenvalue weighted by molar-refractivity contribution is -0.384. The van der Waals surface area contributed by atoms with Crippen LogP contribution in [0, 0.1) is 10.1 Å². The number of nitro groups is 1. The van der Waals surface area contributed by atoms with Crippen molar-refractivity contribution in [3.63, 3.8) is 0 Å². The molecular weight excluding hydrogens is 386 g/mol. The van der Waals surface area contributed by atoms with E-state index in [1.165, 1.54) is 29.2 Å². The highest BCUT2D eigenvalue weighted by Crippen LogP contribution is 2.41. The van der Waals surface area contributed by atoms with Gasteiger partial charge in [0.2, 0.25) is 0 Å². The number of non-ortho nitro benzene ring substituents is 1. The maximum atomic E-state index is 12.7. The summed E-state index contributed by atoms with van der Waals surface area (Å²) in [6, 6.07) is 18.9. The molecule has 2 amide bonds. The Morgan fingerprint density at radius 2 is 1.60 bits per heavy atom. The van der Waals surface area contributed by atoms with E-state index in [-0.39, 0.29) is 11.3 Å². The number of nitro benzene ring substituents is 1. The molecule has 8 nitrogen and oxygen atoms in total. The lowest BCUT2D eigenvalue weighted by Gasteiger charge is -2.23. The first-order chi connectivity index (χ1) is 14.5. The minimum absolute atomic E-state index is 0.114. The molecule has 8 heteroatoms. The number of primary amides is 1. The second kappa shape index (κ2) is 7.67. The number of anilines is 2. The third-order valence-corrected chi connectivity index (χ3v) is 4.95. The van der Waals surface area contributed by atoms with Gasteiger partial charge < -0.3 is 10.5 Å². The summed E-state index contributed by atoms with van der Waals surface area (Å²) in [6.07, 6.45) is -0.329. The van der Waals surface area contributed by atoms with Gasteiger partial charge in [-0.2, -0.15) is 0 Å². The van der Waals surface area contributed by atoms with Gasteiger partial charge >= 0.3 is 12.0 Å². The SMILES string of the molecule is NC(=O)N1c2ccccc2CC(OC(=O)c2ccc([N+](=O)[O-])cc2)c2ccccc21. The number of benzene rings is 3. The summed E-state index contributed by atoms with van der Waals surface area (Å²) in [6.45, 7) is 0. The molecule has 0 fully saturated rings. The fourth-order valence-corrected chi connectivity index (χ4v) is 3.56. The molecule has 1 atom stereocenters. The van der Waals surface area contributed by atoms with Crippen LogP contribution < -0.4 is 10.6 Å². The molecule has 1 aliphatic heterocycles. The predicted octanol–water partition coefficient (Wildman–Crippen LogP) is 4.27. The van der Waals surface area contributed by atoms with Crippen LogP contribution in [-0.2, 0) is 11.2 Å². The number of para-hydroxylation sites is 2. The van der Waals surface area contributed by atoms with Crippen molar-refractivity contribution in [3.05, 3.63) is 99.6 Å². The van der Waals surface area contributed by atoms with Gasteiger partial charge in [-0.1, -0.05) is 36.4 Å². The molecule has 30 heavy (non-hydrogen) atoms. The Morgan fingerprint density at radius 3 is 2.27 bits per heavy atom. The Kier molecular flexibility index (Phi) is 4.89. The average Bonchev–Trinajstić information content (AvgIpc) is 2.88. The number of nitrogens with zero attached hydrogens (tertiary/aromatic N) is 2. The summed E-state index contributed by atoms with van der Waals surface area (Å²) in [4.78, 5) is 36.7. The van der Waals surface area contributed by atoms with Gasteiger partial charge in [-0.05, 0) is 29.8 Å². The number of amides is 2. The van der Waals surface area contributed by atoms with Crippen molar-refractivity contribution in [3.8, 4) is 0 Å². The van der Waals surface area contributed by atoms with Crippen molar-refractivity contribution in [1.29, 1.82) is 0 Å². The first-order valence-corrected chi connectivity index (χ1v) is 9.17. The van der Waals surface area contributed by atoms with E-state index in [9.17, 15) is 19.7 Å². The van der Waals surface area contributed by atoms with Gasteiger partial charge in [0.25, 0.3) is 5.69 Å². The van der Waals surface area contributed by atoms with Gasteiger partial charge in [-0.25, -0.2) is 9.59 Å². The van der Waals surface area contributed by atoms with E-state index in [4.69, 9.17) is 10.5 Å². The van der Waals surface area contributed by atoms with E-state index in [2.05, 4.69) is 0 Å². The van der Waals surface area contributed by atoms with E-state index in [1.807, 2.05) is 12.1 Å². The zero-order valence-corrected chi connectivity index (χ0v) is 15.7. The number of urea groups is 1. The fourth-order valence-electron chi connectivity index (χ4n) is 3.56. The van der Waals surface area contributed by atoms with Crippen LogP contribution in [0.2, 0.25) is 0 Å². The van der Waals surface area contributed by atoms with Crippen LogP contribution in [0.25, 0.3) is 0 Å². The highest BCUT2D eigenvalue weighted by molar-refractivity contribution is 6.00. The molecule has 3 aromatic carbocycles. The van der Waals surface area contributed by atoms with Crippen LogP contribution in [-0.4, -0.2) is 16.9 Å². The Labute approximate surface area is 171 Å².